The van der Waals surface area contributed by atoms with Crippen molar-refractivity contribution < 1.29 is 17.9 Å². The van der Waals surface area contributed by atoms with Gasteiger partial charge in [0.2, 0.25) is 15.9 Å². The number of anilines is 1. The van der Waals surface area contributed by atoms with Gasteiger partial charge in [-0.3, -0.25) is 4.79 Å². The van der Waals surface area contributed by atoms with E-state index in [1.807, 2.05) is 12.4 Å². The first-order valence-electron chi connectivity index (χ1n) is 11.4. The molecule has 10 heteroatoms. The predicted octanol–water partition coefficient (Wildman–Crippen LogP) is 2.95. The highest BCUT2D eigenvalue weighted by Gasteiger charge is 2.28. The molecule has 0 spiro atoms. The maximum atomic E-state index is 11.8. The van der Waals surface area contributed by atoms with E-state index in [9.17, 15) is 13.2 Å². The second-order valence-corrected chi connectivity index (χ2v) is 11.8. The van der Waals surface area contributed by atoms with Crippen LogP contribution in [0.5, 0.6) is 5.75 Å². The van der Waals surface area contributed by atoms with Crippen molar-refractivity contribution in [1.82, 2.24) is 14.6 Å². The molecule has 2 atom stereocenters. The predicted molar refractivity (Wildman–Crippen MR) is 135 cm³/mol. The summed E-state index contributed by atoms with van der Waals surface area (Å²) in [6.45, 7) is 5.01. The molecule has 2 aromatic carbocycles. The van der Waals surface area contributed by atoms with Gasteiger partial charge in [0, 0.05) is 50.7 Å². The van der Waals surface area contributed by atoms with E-state index >= 15 is 0 Å². The molecule has 0 bridgehead atoms. The molecule has 2 fully saturated rings. The van der Waals surface area contributed by atoms with Crippen LogP contribution < -0.4 is 15.0 Å². The number of ether oxygens (including phenoxy) is 1. The zero-order valence-electron chi connectivity index (χ0n) is 19.2. The summed E-state index contributed by atoms with van der Waals surface area (Å²) in [7, 11) is -3.14. The van der Waals surface area contributed by atoms with Crippen molar-refractivity contribution in [1.29, 1.82) is 0 Å². The SMILES string of the molecule is C[C@@H](Oc1cc(-c2ccc(N3CCN(S(C)(=O)=O)CC3)cc2)cc2ncsc12)[C@H]1CNC(=O)C1. The summed E-state index contributed by atoms with van der Waals surface area (Å²) in [4.78, 5) is 18.3. The van der Waals surface area contributed by atoms with E-state index in [1.54, 1.807) is 11.3 Å². The fourth-order valence-corrected chi connectivity index (χ4v) is 6.14. The van der Waals surface area contributed by atoms with Gasteiger partial charge in [-0.25, -0.2) is 13.4 Å². The number of fused-ring (bicyclic) bond motifs is 1. The Kier molecular flexibility index (Phi) is 6.22. The van der Waals surface area contributed by atoms with Crippen molar-refractivity contribution >= 4 is 43.2 Å². The van der Waals surface area contributed by atoms with Crippen LogP contribution in [-0.4, -0.2) is 68.7 Å². The first kappa shape index (κ1) is 23.1. The number of carbonyl (C=O) groups excluding carboxylic acids is 1. The highest BCUT2D eigenvalue weighted by molar-refractivity contribution is 7.88. The van der Waals surface area contributed by atoms with Gasteiger partial charge in [0.15, 0.2) is 0 Å². The molecule has 180 valence electrons. The summed E-state index contributed by atoms with van der Waals surface area (Å²) in [5.41, 5.74) is 5.88. The van der Waals surface area contributed by atoms with Crippen molar-refractivity contribution in [2.45, 2.75) is 19.4 Å². The number of aromatic nitrogens is 1. The maximum Gasteiger partial charge on any atom is 0.220 e. The van der Waals surface area contributed by atoms with Crippen LogP contribution in [0.3, 0.4) is 0 Å². The Morgan fingerprint density at radius 3 is 2.50 bits per heavy atom. The summed E-state index contributed by atoms with van der Waals surface area (Å²) in [6.07, 6.45) is 1.67. The van der Waals surface area contributed by atoms with Crippen molar-refractivity contribution in [3.63, 3.8) is 0 Å². The fourth-order valence-electron chi connectivity index (χ4n) is 4.59. The van der Waals surface area contributed by atoms with E-state index in [-0.39, 0.29) is 17.9 Å². The van der Waals surface area contributed by atoms with Gasteiger partial charge in [-0.05, 0) is 42.3 Å². The molecule has 34 heavy (non-hydrogen) atoms. The average Bonchev–Trinajstić information content (AvgIpc) is 3.48. The Morgan fingerprint density at radius 1 is 1.12 bits per heavy atom. The molecule has 3 heterocycles. The first-order chi connectivity index (χ1) is 16.3. The van der Waals surface area contributed by atoms with Crippen LogP contribution in [0.15, 0.2) is 41.9 Å². The van der Waals surface area contributed by atoms with Gasteiger partial charge < -0.3 is 15.0 Å². The Balaban J connectivity index is 1.35. The molecule has 0 saturated carbocycles. The smallest absolute Gasteiger partial charge is 0.220 e. The van der Waals surface area contributed by atoms with E-state index in [2.05, 4.69) is 51.6 Å². The third kappa shape index (κ3) is 4.75. The number of hydrogen-bond donors (Lipinski definition) is 1. The maximum absolute atomic E-state index is 11.8. The Hall–Kier alpha value is -2.69. The zero-order chi connectivity index (χ0) is 23.9. The van der Waals surface area contributed by atoms with Crippen LogP contribution in [0.1, 0.15) is 13.3 Å². The molecular weight excluding hydrogens is 472 g/mol. The number of rotatable bonds is 6. The molecule has 1 amide bonds. The molecule has 0 unspecified atom stereocenters. The van der Waals surface area contributed by atoms with Crippen LogP contribution >= 0.6 is 11.3 Å². The average molecular weight is 501 g/mol. The molecule has 1 N–H and O–H groups in total. The monoisotopic (exact) mass is 500 g/mol. The number of piperazine rings is 1. The molecule has 1 aromatic heterocycles. The summed E-state index contributed by atoms with van der Waals surface area (Å²) in [6, 6.07) is 12.5. The highest BCUT2D eigenvalue weighted by atomic mass is 32.2. The number of hydrogen-bond acceptors (Lipinski definition) is 7. The lowest BCUT2D eigenvalue weighted by Gasteiger charge is -2.34. The minimum Gasteiger partial charge on any atom is -0.489 e. The van der Waals surface area contributed by atoms with Gasteiger partial charge >= 0.3 is 0 Å². The number of amides is 1. The summed E-state index contributed by atoms with van der Waals surface area (Å²) >= 11 is 1.55. The van der Waals surface area contributed by atoms with Crippen molar-refractivity contribution in [2.75, 3.05) is 43.9 Å². The molecule has 5 rings (SSSR count). The third-order valence-corrected chi connectivity index (χ3v) is 8.82. The van der Waals surface area contributed by atoms with E-state index < -0.39 is 10.0 Å². The Morgan fingerprint density at radius 2 is 1.85 bits per heavy atom. The Labute approximate surface area is 203 Å². The van der Waals surface area contributed by atoms with Gasteiger partial charge in [0.05, 0.1) is 22.0 Å². The number of benzene rings is 2. The molecule has 2 aliphatic rings. The molecule has 2 aliphatic heterocycles. The lowest BCUT2D eigenvalue weighted by Crippen LogP contribution is -2.48. The fraction of sp³-hybridized carbons (Fsp3) is 0.417. The number of sulfonamides is 1. The van der Waals surface area contributed by atoms with E-state index in [0.717, 1.165) is 32.8 Å². The molecular formula is C24H28N4O4S2. The molecule has 2 saturated heterocycles. The Bertz CT molecular complexity index is 1300. The quantitative estimate of drug-likeness (QED) is 0.560. The van der Waals surface area contributed by atoms with Crippen LogP contribution in [-0.2, 0) is 14.8 Å². The summed E-state index contributed by atoms with van der Waals surface area (Å²) in [5.74, 6) is 1.03. The normalized spacial score (nSPS) is 20.5. The van der Waals surface area contributed by atoms with Crippen molar-refractivity contribution in [2.24, 2.45) is 5.92 Å². The van der Waals surface area contributed by atoms with E-state index in [0.29, 0.717) is 39.1 Å². The van der Waals surface area contributed by atoms with Crippen LogP contribution in [0.2, 0.25) is 0 Å². The highest BCUT2D eigenvalue weighted by Crippen LogP contribution is 2.36. The second kappa shape index (κ2) is 9.16. The number of thiazole rings is 1. The summed E-state index contributed by atoms with van der Waals surface area (Å²) in [5, 5.41) is 2.88. The minimum absolute atomic E-state index is 0.0787. The molecule has 3 aromatic rings. The molecule has 0 radical (unpaired) electrons. The van der Waals surface area contributed by atoms with Crippen LogP contribution in [0.25, 0.3) is 21.3 Å². The largest absolute Gasteiger partial charge is 0.489 e. The third-order valence-electron chi connectivity index (χ3n) is 6.66. The van der Waals surface area contributed by atoms with Gasteiger partial charge in [-0.1, -0.05) is 12.1 Å². The van der Waals surface area contributed by atoms with Gasteiger partial charge in [0.25, 0.3) is 0 Å². The lowest BCUT2D eigenvalue weighted by atomic mass is 10.0. The van der Waals surface area contributed by atoms with Crippen LogP contribution in [0.4, 0.5) is 5.69 Å². The molecule has 0 aliphatic carbocycles. The lowest BCUT2D eigenvalue weighted by molar-refractivity contribution is -0.119. The van der Waals surface area contributed by atoms with E-state index in [1.165, 1.54) is 10.6 Å². The van der Waals surface area contributed by atoms with Crippen LogP contribution in [0, 0.1) is 5.92 Å². The number of nitrogens with one attached hydrogen (secondary N) is 1. The summed E-state index contributed by atoms with van der Waals surface area (Å²) < 4.78 is 32.4. The van der Waals surface area contributed by atoms with Gasteiger partial charge in [0.1, 0.15) is 11.9 Å². The van der Waals surface area contributed by atoms with E-state index in [4.69, 9.17) is 4.74 Å². The second-order valence-electron chi connectivity index (χ2n) is 8.96. The standard InChI is InChI=1S/C24H28N4O4S2/c1-16(19-13-23(29)25-14-19)32-22-12-18(11-21-24(22)33-15-26-21)17-3-5-20(6-4-17)27-7-9-28(10-8-27)34(2,30)31/h3-6,11-12,15-16,19H,7-10,13-14H2,1-2H3,(H,25,29)/t16-,19-/m1/s1. The number of nitrogens with zero attached hydrogens (tertiary/aromatic N) is 3. The molecule has 8 nitrogen and oxygen atoms in total. The topological polar surface area (TPSA) is 91.8 Å². The zero-order valence-corrected chi connectivity index (χ0v) is 20.9. The number of carbonyl (C=O) groups is 1. The van der Waals surface area contributed by atoms with Crippen molar-refractivity contribution in [3.8, 4) is 16.9 Å². The van der Waals surface area contributed by atoms with Crippen molar-refractivity contribution in [3.05, 3.63) is 41.9 Å². The van der Waals surface area contributed by atoms with Gasteiger partial charge in [-0.2, -0.15) is 4.31 Å². The van der Waals surface area contributed by atoms with Gasteiger partial charge in [-0.15, -0.1) is 11.3 Å². The minimum atomic E-state index is -3.14. The first-order valence-corrected chi connectivity index (χ1v) is 14.1.